The van der Waals surface area contributed by atoms with Gasteiger partial charge in [-0.05, 0) is 48.2 Å². The van der Waals surface area contributed by atoms with E-state index >= 15 is 0 Å². The SMILES string of the molecule is CCc1c(CO)nnn1-c1ccc(Cc2ccncc2)cc1. The van der Waals surface area contributed by atoms with Crippen molar-refractivity contribution >= 4 is 0 Å². The molecule has 22 heavy (non-hydrogen) atoms. The number of rotatable bonds is 5. The number of benzene rings is 1. The van der Waals surface area contributed by atoms with Gasteiger partial charge in [-0.3, -0.25) is 4.98 Å². The first-order chi connectivity index (χ1) is 10.8. The fourth-order valence-electron chi connectivity index (χ4n) is 2.51. The molecule has 0 fully saturated rings. The highest BCUT2D eigenvalue weighted by Gasteiger charge is 2.11. The van der Waals surface area contributed by atoms with Gasteiger partial charge in [0.25, 0.3) is 0 Å². The van der Waals surface area contributed by atoms with Crippen LogP contribution in [0.3, 0.4) is 0 Å². The average molecular weight is 294 g/mol. The van der Waals surface area contributed by atoms with E-state index in [4.69, 9.17) is 0 Å². The molecule has 2 aromatic heterocycles. The summed E-state index contributed by atoms with van der Waals surface area (Å²) in [5.41, 5.74) is 5.02. The number of aliphatic hydroxyl groups is 1. The number of aliphatic hydroxyl groups excluding tert-OH is 1. The van der Waals surface area contributed by atoms with Gasteiger partial charge in [0.2, 0.25) is 0 Å². The highest BCUT2D eigenvalue weighted by atomic mass is 16.3. The van der Waals surface area contributed by atoms with E-state index in [2.05, 4.69) is 27.4 Å². The Hall–Kier alpha value is -2.53. The van der Waals surface area contributed by atoms with Crippen molar-refractivity contribution in [3.63, 3.8) is 0 Å². The topological polar surface area (TPSA) is 63.8 Å². The van der Waals surface area contributed by atoms with Crippen LogP contribution < -0.4 is 0 Å². The standard InChI is InChI=1S/C17H18N4O/c1-2-17-16(12-22)19-20-21(17)15-5-3-13(4-6-15)11-14-7-9-18-10-8-14/h3-10,22H,2,11-12H2,1H3. The van der Waals surface area contributed by atoms with E-state index in [1.165, 1.54) is 11.1 Å². The van der Waals surface area contributed by atoms with Crippen LogP contribution in [0.4, 0.5) is 0 Å². The van der Waals surface area contributed by atoms with Crippen molar-refractivity contribution in [2.75, 3.05) is 0 Å². The summed E-state index contributed by atoms with van der Waals surface area (Å²) in [5.74, 6) is 0. The molecule has 2 heterocycles. The summed E-state index contributed by atoms with van der Waals surface area (Å²) in [6, 6.07) is 12.3. The van der Waals surface area contributed by atoms with Gasteiger partial charge in [0.15, 0.2) is 0 Å². The summed E-state index contributed by atoms with van der Waals surface area (Å²) in [5, 5.41) is 17.5. The molecule has 5 nitrogen and oxygen atoms in total. The molecule has 0 atom stereocenters. The van der Waals surface area contributed by atoms with E-state index in [0.29, 0.717) is 5.69 Å². The molecular formula is C17H18N4O. The smallest absolute Gasteiger partial charge is 0.112 e. The molecule has 0 spiro atoms. The van der Waals surface area contributed by atoms with Crippen LogP contribution in [0.5, 0.6) is 0 Å². The lowest BCUT2D eigenvalue weighted by atomic mass is 10.1. The van der Waals surface area contributed by atoms with Gasteiger partial charge >= 0.3 is 0 Å². The van der Waals surface area contributed by atoms with Crippen molar-refractivity contribution in [2.45, 2.75) is 26.4 Å². The molecule has 0 aliphatic carbocycles. The number of pyridine rings is 1. The van der Waals surface area contributed by atoms with Crippen LogP contribution in [0.15, 0.2) is 48.8 Å². The van der Waals surface area contributed by atoms with E-state index in [0.717, 1.165) is 24.2 Å². The average Bonchev–Trinajstić information content (AvgIpc) is 2.99. The Morgan fingerprint density at radius 3 is 2.32 bits per heavy atom. The first-order valence-electron chi connectivity index (χ1n) is 7.34. The molecule has 0 saturated heterocycles. The molecule has 1 aromatic carbocycles. The Morgan fingerprint density at radius 1 is 1.00 bits per heavy atom. The van der Waals surface area contributed by atoms with Crippen molar-refractivity contribution in [2.24, 2.45) is 0 Å². The maximum atomic E-state index is 9.30. The van der Waals surface area contributed by atoms with Crippen LogP contribution in [0.1, 0.15) is 29.4 Å². The Morgan fingerprint density at radius 2 is 1.68 bits per heavy atom. The van der Waals surface area contributed by atoms with E-state index in [9.17, 15) is 5.11 Å². The molecular weight excluding hydrogens is 276 g/mol. The number of hydrogen-bond donors (Lipinski definition) is 1. The third-order valence-electron chi connectivity index (χ3n) is 3.67. The van der Waals surface area contributed by atoms with E-state index in [-0.39, 0.29) is 6.61 Å². The minimum Gasteiger partial charge on any atom is -0.390 e. The number of aromatic nitrogens is 4. The number of nitrogens with zero attached hydrogens (tertiary/aromatic N) is 4. The van der Waals surface area contributed by atoms with Gasteiger partial charge in [-0.2, -0.15) is 0 Å². The van der Waals surface area contributed by atoms with E-state index in [1.807, 2.05) is 43.6 Å². The summed E-state index contributed by atoms with van der Waals surface area (Å²) in [6.45, 7) is 1.95. The minimum absolute atomic E-state index is 0.0801. The fourth-order valence-corrected chi connectivity index (χ4v) is 2.51. The van der Waals surface area contributed by atoms with Crippen molar-refractivity contribution in [1.29, 1.82) is 0 Å². The van der Waals surface area contributed by atoms with Crippen molar-refractivity contribution in [1.82, 2.24) is 20.0 Å². The van der Waals surface area contributed by atoms with Crippen LogP contribution >= 0.6 is 0 Å². The predicted molar refractivity (Wildman–Crippen MR) is 83.7 cm³/mol. The van der Waals surface area contributed by atoms with Crippen LogP contribution in [0, 0.1) is 0 Å². The normalized spacial score (nSPS) is 10.8. The van der Waals surface area contributed by atoms with Gasteiger partial charge in [-0.1, -0.05) is 24.3 Å². The Kier molecular flexibility index (Phi) is 4.25. The molecule has 0 bridgehead atoms. The van der Waals surface area contributed by atoms with Gasteiger partial charge in [-0.25, -0.2) is 4.68 Å². The minimum atomic E-state index is -0.0801. The second-order valence-corrected chi connectivity index (χ2v) is 5.10. The summed E-state index contributed by atoms with van der Waals surface area (Å²) in [6.07, 6.45) is 5.27. The molecule has 0 saturated carbocycles. The molecule has 0 aliphatic heterocycles. The number of hydrogen-bond acceptors (Lipinski definition) is 4. The Balaban J connectivity index is 1.84. The molecule has 0 radical (unpaired) electrons. The van der Waals surface area contributed by atoms with Gasteiger partial charge in [0.05, 0.1) is 18.0 Å². The summed E-state index contributed by atoms with van der Waals surface area (Å²) >= 11 is 0. The molecule has 0 amide bonds. The van der Waals surface area contributed by atoms with Gasteiger partial charge in [-0.15, -0.1) is 5.10 Å². The lowest BCUT2D eigenvalue weighted by Crippen LogP contribution is -2.03. The van der Waals surface area contributed by atoms with Gasteiger partial charge in [0, 0.05) is 12.4 Å². The highest BCUT2D eigenvalue weighted by molar-refractivity contribution is 5.37. The molecule has 112 valence electrons. The largest absolute Gasteiger partial charge is 0.390 e. The predicted octanol–water partition coefficient (Wildman–Crippen LogP) is 2.31. The summed E-state index contributed by atoms with van der Waals surface area (Å²) in [4.78, 5) is 4.03. The van der Waals surface area contributed by atoms with Gasteiger partial charge in [0.1, 0.15) is 5.69 Å². The van der Waals surface area contributed by atoms with Crippen LogP contribution in [-0.2, 0) is 19.4 Å². The maximum absolute atomic E-state index is 9.30. The van der Waals surface area contributed by atoms with Crippen LogP contribution in [0.25, 0.3) is 5.69 Å². The lowest BCUT2D eigenvalue weighted by molar-refractivity contribution is 0.275. The highest BCUT2D eigenvalue weighted by Crippen LogP contribution is 2.16. The van der Waals surface area contributed by atoms with Gasteiger partial charge < -0.3 is 5.11 Å². The molecule has 5 heteroatoms. The zero-order valence-electron chi connectivity index (χ0n) is 12.5. The molecule has 0 aliphatic rings. The fraction of sp³-hybridized carbons (Fsp3) is 0.235. The quantitative estimate of drug-likeness (QED) is 0.784. The summed E-state index contributed by atoms with van der Waals surface area (Å²) in [7, 11) is 0. The first kappa shape index (κ1) is 14.4. The maximum Gasteiger partial charge on any atom is 0.112 e. The lowest BCUT2D eigenvalue weighted by Gasteiger charge is -2.07. The van der Waals surface area contributed by atoms with E-state index in [1.54, 1.807) is 4.68 Å². The third kappa shape index (κ3) is 2.89. The van der Waals surface area contributed by atoms with Crippen molar-refractivity contribution < 1.29 is 5.11 Å². The molecule has 3 aromatic rings. The van der Waals surface area contributed by atoms with Crippen molar-refractivity contribution in [3.8, 4) is 5.69 Å². The zero-order valence-corrected chi connectivity index (χ0v) is 12.5. The second kappa shape index (κ2) is 6.49. The first-order valence-corrected chi connectivity index (χ1v) is 7.34. The zero-order chi connectivity index (χ0) is 15.4. The monoisotopic (exact) mass is 294 g/mol. The second-order valence-electron chi connectivity index (χ2n) is 5.10. The van der Waals surface area contributed by atoms with Crippen LogP contribution in [-0.4, -0.2) is 25.1 Å². The Labute approximate surface area is 129 Å². The molecule has 1 N–H and O–H groups in total. The summed E-state index contributed by atoms with van der Waals surface area (Å²) < 4.78 is 1.79. The molecule has 0 unspecified atom stereocenters. The van der Waals surface area contributed by atoms with Crippen LogP contribution in [0.2, 0.25) is 0 Å². The Bertz CT molecular complexity index is 735. The van der Waals surface area contributed by atoms with E-state index < -0.39 is 0 Å². The molecule has 3 rings (SSSR count). The van der Waals surface area contributed by atoms with Crippen molar-refractivity contribution in [3.05, 3.63) is 71.3 Å². The third-order valence-corrected chi connectivity index (χ3v) is 3.67.